The number of aryl methyl sites for hydroxylation is 1. The molecule has 4 amide bonds. The Morgan fingerprint density at radius 1 is 1.00 bits per heavy atom. The molecule has 50 heavy (non-hydrogen) atoms. The molecule has 3 atom stereocenters. The number of nitrogens with zero attached hydrogens (tertiary/aromatic N) is 5. The van der Waals surface area contributed by atoms with E-state index in [9.17, 15) is 24.3 Å². The fourth-order valence-corrected chi connectivity index (χ4v) is 5.61. The summed E-state index contributed by atoms with van der Waals surface area (Å²) in [6.07, 6.45) is 3.62. The normalized spacial score (nSPS) is 19.1. The first-order valence-electron chi connectivity index (χ1n) is 16.1. The Hall–Kier alpha value is -6.09. The number of pyridine rings is 1. The van der Waals surface area contributed by atoms with Crippen LogP contribution in [0.2, 0.25) is 0 Å². The van der Waals surface area contributed by atoms with Crippen LogP contribution in [0, 0.1) is 6.92 Å². The minimum absolute atomic E-state index is 0.0615. The molecule has 5 N–H and O–H groups in total. The minimum atomic E-state index is -1.38. The number of imidazole rings is 1. The molecule has 7 rings (SSSR count). The van der Waals surface area contributed by atoms with Gasteiger partial charge < -0.3 is 35.5 Å². The van der Waals surface area contributed by atoms with E-state index in [1.807, 2.05) is 37.3 Å². The molecule has 5 aromatic rings. The van der Waals surface area contributed by atoms with Crippen LogP contribution in [0.4, 0.5) is 0 Å². The van der Waals surface area contributed by atoms with Crippen LogP contribution in [0.25, 0.3) is 17.0 Å². The molecule has 258 valence electrons. The van der Waals surface area contributed by atoms with E-state index in [0.717, 1.165) is 5.69 Å². The predicted molar refractivity (Wildman–Crippen MR) is 181 cm³/mol. The van der Waals surface area contributed by atoms with E-state index in [-0.39, 0.29) is 43.4 Å². The van der Waals surface area contributed by atoms with Crippen LogP contribution in [0.1, 0.15) is 40.4 Å². The number of hydrogen-bond donors (Lipinski definition) is 5. The van der Waals surface area contributed by atoms with Crippen LogP contribution >= 0.6 is 0 Å². The molecule has 5 heterocycles. The summed E-state index contributed by atoms with van der Waals surface area (Å²) in [6.45, 7) is 2.97. The summed E-state index contributed by atoms with van der Waals surface area (Å²) in [5.74, 6) is -1.08. The van der Waals surface area contributed by atoms with E-state index in [0.29, 0.717) is 28.3 Å². The third kappa shape index (κ3) is 7.79. The lowest BCUT2D eigenvalue weighted by molar-refractivity contribution is -0.131. The first kappa shape index (κ1) is 33.8. The van der Waals surface area contributed by atoms with Crippen molar-refractivity contribution < 1.29 is 29.0 Å². The first-order valence-corrected chi connectivity index (χ1v) is 16.1. The fourth-order valence-electron chi connectivity index (χ4n) is 5.61. The van der Waals surface area contributed by atoms with E-state index in [2.05, 4.69) is 36.3 Å². The van der Waals surface area contributed by atoms with E-state index >= 15 is 0 Å². The maximum absolute atomic E-state index is 13.8. The molecule has 2 aliphatic rings. The molecule has 0 aliphatic carbocycles. The molecular weight excluding hydrogens is 642 g/mol. The number of amides is 4. The molecule has 2 aliphatic heterocycles. The molecule has 0 fully saturated rings. The number of nitrogens with one attached hydrogen (secondary N) is 4. The van der Waals surface area contributed by atoms with Gasteiger partial charge in [0.15, 0.2) is 5.82 Å². The van der Waals surface area contributed by atoms with Crippen molar-refractivity contribution in [2.75, 3.05) is 19.8 Å². The number of rotatable bonds is 4. The second kappa shape index (κ2) is 15.0. The Morgan fingerprint density at radius 3 is 2.54 bits per heavy atom. The van der Waals surface area contributed by atoms with Crippen molar-refractivity contribution in [2.24, 2.45) is 0 Å². The zero-order chi connectivity index (χ0) is 35.2. The Bertz CT molecular complexity index is 2010. The van der Waals surface area contributed by atoms with E-state index in [1.54, 1.807) is 60.1 Å². The highest BCUT2D eigenvalue weighted by atomic mass is 16.5. The predicted octanol–water partition coefficient (Wildman–Crippen LogP) is 1.11. The number of benzene rings is 2. The third-order valence-electron chi connectivity index (χ3n) is 8.11. The van der Waals surface area contributed by atoms with Gasteiger partial charge in [-0.15, -0.1) is 0 Å². The smallest absolute Gasteiger partial charge is 0.255 e. The number of aromatic nitrogens is 5. The van der Waals surface area contributed by atoms with Gasteiger partial charge in [0.2, 0.25) is 17.7 Å². The van der Waals surface area contributed by atoms with Gasteiger partial charge in [0, 0.05) is 24.4 Å². The number of hydrogen-bond acceptors (Lipinski definition) is 9. The summed E-state index contributed by atoms with van der Waals surface area (Å²) in [4.78, 5) is 62.8. The molecule has 0 radical (unpaired) electrons. The highest BCUT2D eigenvalue weighted by Crippen LogP contribution is 2.20. The van der Waals surface area contributed by atoms with Gasteiger partial charge in [-0.2, -0.15) is 5.10 Å². The van der Waals surface area contributed by atoms with Crippen molar-refractivity contribution in [3.63, 3.8) is 0 Å². The molecule has 0 saturated heterocycles. The number of aliphatic hydroxyl groups excluding tert-OH is 1. The standard InChI is InChI=1S/C35H37N9O6/c1-21-18-43-15-6-9-26(32(43)37-21)33(47)39-27-17-23-10-12-25(13-11-23)50-16-14-36-29(46)19-44-31(41-30(42-44)24-7-4-3-5-8-24)22(2)38-35(49)28(20-45)40-34(27)48/h3-13,15,18,22,27-28,45H,14,16-17,19-20H2,1-2H3,(H,36,46)(H,38,49)(H,39,47)(H,40,48)/t22-,27-,28-/m0/s1. The molecule has 2 bridgehead atoms. The topological polar surface area (TPSA) is 194 Å². The molecular formula is C35H37N9O6. The van der Waals surface area contributed by atoms with Gasteiger partial charge in [-0.1, -0.05) is 42.5 Å². The molecule has 15 nitrogen and oxygen atoms in total. The van der Waals surface area contributed by atoms with Crippen LogP contribution in [0.15, 0.2) is 79.1 Å². The maximum Gasteiger partial charge on any atom is 0.255 e. The second-order valence-corrected chi connectivity index (χ2v) is 11.9. The summed E-state index contributed by atoms with van der Waals surface area (Å²) < 4.78 is 8.93. The van der Waals surface area contributed by atoms with Gasteiger partial charge in [0.05, 0.1) is 30.5 Å². The van der Waals surface area contributed by atoms with E-state index in [1.165, 1.54) is 4.68 Å². The van der Waals surface area contributed by atoms with Crippen LogP contribution in [-0.4, -0.2) is 84.7 Å². The average Bonchev–Trinajstić information content (AvgIpc) is 3.72. The summed E-state index contributed by atoms with van der Waals surface area (Å²) in [5.41, 5.74) is 2.82. The number of carbonyl (C=O) groups excluding carboxylic acids is 4. The van der Waals surface area contributed by atoms with Crippen molar-refractivity contribution in [1.82, 2.24) is 45.4 Å². The zero-order valence-electron chi connectivity index (χ0n) is 27.5. The minimum Gasteiger partial charge on any atom is -0.492 e. The van der Waals surface area contributed by atoms with Gasteiger partial charge in [0.1, 0.15) is 42.5 Å². The van der Waals surface area contributed by atoms with Gasteiger partial charge >= 0.3 is 0 Å². The van der Waals surface area contributed by atoms with Gasteiger partial charge in [-0.05, 0) is 43.7 Å². The largest absolute Gasteiger partial charge is 0.492 e. The van der Waals surface area contributed by atoms with Crippen molar-refractivity contribution in [3.05, 3.63) is 102 Å². The molecule has 3 aromatic heterocycles. The van der Waals surface area contributed by atoms with Gasteiger partial charge in [0.25, 0.3) is 5.91 Å². The Kier molecular flexibility index (Phi) is 10.1. The lowest BCUT2D eigenvalue weighted by Gasteiger charge is -2.24. The molecule has 2 aromatic carbocycles. The van der Waals surface area contributed by atoms with Crippen molar-refractivity contribution in [1.29, 1.82) is 0 Å². The molecule has 0 unspecified atom stereocenters. The highest BCUT2D eigenvalue weighted by molar-refractivity contribution is 6.02. The Labute approximate surface area is 287 Å². The second-order valence-electron chi connectivity index (χ2n) is 11.9. The maximum atomic E-state index is 13.8. The van der Waals surface area contributed by atoms with Crippen LogP contribution < -0.4 is 26.0 Å². The summed E-state index contributed by atoms with van der Waals surface area (Å²) in [5, 5.41) is 25.7. The number of aliphatic hydroxyl groups is 1. The van der Waals surface area contributed by atoms with Crippen LogP contribution in [0.5, 0.6) is 5.75 Å². The molecule has 15 heteroatoms. The molecule has 0 spiro atoms. The summed E-state index contributed by atoms with van der Waals surface area (Å²) in [6, 6.07) is 16.2. The van der Waals surface area contributed by atoms with Crippen LogP contribution in [0.3, 0.4) is 0 Å². The number of ether oxygens (including phenoxy) is 1. The monoisotopic (exact) mass is 679 g/mol. The van der Waals surface area contributed by atoms with Crippen molar-refractivity contribution in [2.45, 2.75) is 44.9 Å². The average molecular weight is 680 g/mol. The van der Waals surface area contributed by atoms with Gasteiger partial charge in [-0.3, -0.25) is 19.2 Å². The zero-order valence-corrected chi connectivity index (χ0v) is 27.5. The first-order chi connectivity index (χ1) is 24.2. The number of fused-ring (bicyclic) bond motifs is 15. The van der Waals surface area contributed by atoms with E-state index < -0.39 is 42.5 Å². The lowest BCUT2D eigenvalue weighted by atomic mass is 10.0. The van der Waals surface area contributed by atoms with Gasteiger partial charge in [-0.25, -0.2) is 14.6 Å². The summed E-state index contributed by atoms with van der Waals surface area (Å²) >= 11 is 0. The summed E-state index contributed by atoms with van der Waals surface area (Å²) in [7, 11) is 0. The number of carbonyl (C=O) groups is 4. The lowest BCUT2D eigenvalue weighted by Crippen LogP contribution is -2.56. The highest BCUT2D eigenvalue weighted by Gasteiger charge is 2.30. The van der Waals surface area contributed by atoms with E-state index in [4.69, 9.17) is 4.74 Å². The molecule has 0 saturated carbocycles. The quantitative estimate of drug-likeness (QED) is 0.185. The van der Waals surface area contributed by atoms with Crippen molar-refractivity contribution in [3.8, 4) is 17.1 Å². The third-order valence-corrected chi connectivity index (χ3v) is 8.11. The fraction of sp³-hybridized carbons (Fsp3) is 0.286. The Morgan fingerprint density at radius 2 is 1.78 bits per heavy atom. The SMILES string of the molecule is Cc1cn2cccc(C(=O)N[C@H]3Cc4ccc(cc4)OCCNC(=O)Cn4nc(-c5ccccc5)nc4[C@H](C)NC(=O)[C@H](CO)NC3=O)c2n1. The van der Waals surface area contributed by atoms with Crippen LogP contribution in [-0.2, 0) is 27.3 Å². The van der Waals surface area contributed by atoms with Crippen molar-refractivity contribution >= 4 is 29.3 Å². The Balaban J connectivity index is 1.29.